The Balaban J connectivity index is 2.43. The largest absolute Gasteiger partial charge is 0.481 e. The van der Waals surface area contributed by atoms with Crippen molar-refractivity contribution in [3.8, 4) is 11.3 Å². The van der Waals surface area contributed by atoms with Crippen molar-refractivity contribution >= 4 is 17.7 Å². The molecule has 0 saturated heterocycles. The van der Waals surface area contributed by atoms with E-state index in [0.717, 1.165) is 11.1 Å². The van der Waals surface area contributed by atoms with Gasteiger partial charge in [0.05, 0.1) is 12.1 Å². The first kappa shape index (κ1) is 13.8. The summed E-state index contributed by atoms with van der Waals surface area (Å²) in [5.41, 5.74) is 8.00. The molecule has 0 saturated carbocycles. The van der Waals surface area contributed by atoms with Gasteiger partial charge in [0.15, 0.2) is 0 Å². The molecule has 0 bridgehead atoms. The summed E-state index contributed by atoms with van der Waals surface area (Å²) < 4.78 is 0. The SMILES string of the molecule is CN(C)c1nc(N)cc(-c2cccc(CC(=O)O)c2)n1. The summed E-state index contributed by atoms with van der Waals surface area (Å²) in [6.07, 6.45) is -0.0189. The van der Waals surface area contributed by atoms with Crippen molar-refractivity contribution in [2.24, 2.45) is 0 Å². The number of carboxylic acid groups (broad SMARTS) is 1. The topological polar surface area (TPSA) is 92.3 Å². The van der Waals surface area contributed by atoms with Crippen LogP contribution in [0.2, 0.25) is 0 Å². The minimum Gasteiger partial charge on any atom is -0.481 e. The van der Waals surface area contributed by atoms with Gasteiger partial charge < -0.3 is 15.7 Å². The second kappa shape index (κ2) is 5.56. The number of carboxylic acids is 1. The number of anilines is 2. The number of aromatic nitrogens is 2. The Hall–Kier alpha value is -2.63. The predicted octanol–water partition coefficient (Wildman–Crippen LogP) is 1.42. The zero-order chi connectivity index (χ0) is 14.7. The number of carbonyl (C=O) groups is 1. The van der Waals surface area contributed by atoms with Gasteiger partial charge in [-0.15, -0.1) is 0 Å². The van der Waals surface area contributed by atoms with Gasteiger partial charge in [0.1, 0.15) is 5.82 Å². The normalized spacial score (nSPS) is 10.3. The molecular formula is C14H16N4O2. The van der Waals surface area contributed by atoms with Crippen LogP contribution >= 0.6 is 0 Å². The average Bonchev–Trinajstić information content (AvgIpc) is 2.37. The molecule has 0 amide bonds. The van der Waals surface area contributed by atoms with E-state index in [9.17, 15) is 4.79 Å². The number of nitrogens with zero attached hydrogens (tertiary/aromatic N) is 3. The van der Waals surface area contributed by atoms with Crippen molar-refractivity contribution in [1.82, 2.24) is 9.97 Å². The molecule has 2 rings (SSSR count). The predicted molar refractivity (Wildman–Crippen MR) is 77.5 cm³/mol. The lowest BCUT2D eigenvalue weighted by Crippen LogP contribution is -2.14. The molecule has 6 heteroatoms. The quantitative estimate of drug-likeness (QED) is 0.874. The molecule has 0 atom stereocenters. The van der Waals surface area contributed by atoms with Gasteiger partial charge in [-0.2, -0.15) is 4.98 Å². The first-order valence-electron chi connectivity index (χ1n) is 6.08. The maximum absolute atomic E-state index is 10.8. The minimum absolute atomic E-state index is 0.0189. The van der Waals surface area contributed by atoms with Crippen LogP contribution in [0, 0.1) is 0 Å². The summed E-state index contributed by atoms with van der Waals surface area (Å²) in [6.45, 7) is 0. The van der Waals surface area contributed by atoms with Gasteiger partial charge in [-0.3, -0.25) is 4.79 Å². The average molecular weight is 272 g/mol. The molecule has 3 N–H and O–H groups in total. The molecule has 2 aromatic rings. The molecule has 6 nitrogen and oxygen atoms in total. The van der Waals surface area contributed by atoms with Crippen molar-refractivity contribution in [3.63, 3.8) is 0 Å². The van der Waals surface area contributed by atoms with E-state index in [-0.39, 0.29) is 6.42 Å². The van der Waals surface area contributed by atoms with E-state index in [1.54, 1.807) is 29.2 Å². The molecule has 0 radical (unpaired) electrons. The lowest BCUT2D eigenvalue weighted by atomic mass is 10.1. The van der Waals surface area contributed by atoms with Gasteiger partial charge >= 0.3 is 5.97 Å². The Bertz CT molecular complexity index is 641. The number of rotatable bonds is 4. The Labute approximate surface area is 116 Å². The first-order valence-corrected chi connectivity index (χ1v) is 6.08. The van der Waals surface area contributed by atoms with E-state index in [1.807, 2.05) is 20.2 Å². The van der Waals surface area contributed by atoms with Crippen molar-refractivity contribution in [1.29, 1.82) is 0 Å². The molecule has 20 heavy (non-hydrogen) atoms. The third-order valence-corrected chi connectivity index (χ3v) is 2.71. The van der Waals surface area contributed by atoms with Gasteiger partial charge in [0, 0.05) is 25.7 Å². The Morgan fingerprint density at radius 2 is 2.05 bits per heavy atom. The summed E-state index contributed by atoms with van der Waals surface area (Å²) in [4.78, 5) is 21.1. The molecule has 0 unspecified atom stereocenters. The second-order valence-corrected chi connectivity index (χ2v) is 4.64. The summed E-state index contributed by atoms with van der Waals surface area (Å²) in [7, 11) is 3.67. The van der Waals surface area contributed by atoms with Crippen LogP contribution in [0.3, 0.4) is 0 Å². The summed E-state index contributed by atoms with van der Waals surface area (Å²) >= 11 is 0. The summed E-state index contributed by atoms with van der Waals surface area (Å²) in [6, 6.07) is 8.92. The lowest BCUT2D eigenvalue weighted by Gasteiger charge is -2.12. The van der Waals surface area contributed by atoms with Crippen LogP contribution in [-0.4, -0.2) is 35.1 Å². The number of nitrogens with two attached hydrogens (primary N) is 1. The lowest BCUT2D eigenvalue weighted by molar-refractivity contribution is -0.136. The van der Waals surface area contributed by atoms with Crippen molar-refractivity contribution in [3.05, 3.63) is 35.9 Å². The standard InChI is InChI=1S/C14H16N4O2/c1-18(2)14-16-11(8-12(15)17-14)10-5-3-4-9(6-10)7-13(19)20/h3-6,8H,7H2,1-2H3,(H,19,20)(H2,15,16,17). The smallest absolute Gasteiger partial charge is 0.307 e. The fraction of sp³-hybridized carbons (Fsp3) is 0.214. The molecule has 0 fully saturated rings. The van der Waals surface area contributed by atoms with E-state index < -0.39 is 5.97 Å². The molecule has 1 aromatic carbocycles. The maximum Gasteiger partial charge on any atom is 0.307 e. The van der Waals surface area contributed by atoms with Gasteiger partial charge in [-0.05, 0) is 11.6 Å². The minimum atomic E-state index is -0.863. The van der Waals surface area contributed by atoms with Crippen LogP contribution in [0.25, 0.3) is 11.3 Å². The van der Waals surface area contributed by atoms with Crippen molar-refractivity contribution < 1.29 is 9.90 Å². The highest BCUT2D eigenvalue weighted by Gasteiger charge is 2.08. The van der Waals surface area contributed by atoms with Crippen LogP contribution in [0.4, 0.5) is 11.8 Å². The highest BCUT2D eigenvalue weighted by atomic mass is 16.4. The van der Waals surface area contributed by atoms with E-state index in [0.29, 0.717) is 17.5 Å². The Morgan fingerprint density at radius 1 is 1.30 bits per heavy atom. The van der Waals surface area contributed by atoms with Crippen LogP contribution in [0.5, 0.6) is 0 Å². The maximum atomic E-state index is 10.8. The highest BCUT2D eigenvalue weighted by molar-refractivity contribution is 5.72. The van der Waals surface area contributed by atoms with E-state index in [2.05, 4.69) is 9.97 Å². The van der Waals surface area contributed by atoms with Gasteiger partial charge in [0.2, 0.25) is 5.95 Å². The molecule has 0 aliphatic rings. The molecule has 0 aliphatic carbocycles. The Kier molecular flexibility index (Phi) is 3.84. The van der Waals surface area contributed by atoms with E-state index >= 15 is 0 Å². The first-order chi connectivity index (χ1) is 9.45. The highest BCUT2D eigenvalue weighted by Crippen LogP contribution is 2.22. The van der Waals surface area contributed by atoms with E-state index in [1.165, 1.54) is 0 Å². The third-order valence-electron chi connectivity index (χ3n) is 2.71. The number of hydrogen-bond acceptors (Lipinski definition) is 5. The molecule has 104 valence electrons. The van der Waals surface area contributed by atoms with Gasteiger partial charge in [0.25, 0.3) is 0 Å². The zero-order valence-electron chi connectivity index (χ0n) is 11.4. The summed E-state index contributed by atoms with van der Waals surface area (Å²) in [5.74, 6) is 0.0318. The van der Waals surface area contributed by atoms with Crippen LogP contribution in [0.15, 0.2) is 30.3 Å². The Morgan fingerprint density at radius 3 is 2.70 bits per heavy atom. The van der Waals surface area contributed by atoms with Gasteiger partial charge in [-0.1, -0.05) is 18.2 Å². The number of benzene rings is 1. The van der Waals surface area contributed by atoms with Crippen molar-refractivity contribution in [2.45, 2.75) is 6.42 Å². The fourth-order valence-electron chi connectivity index (χ4n) is 1.82. The third kappa shape index (κ3) is 3.23. The fourth-order valence-corrected chi connectivity index (χ4v) is 1.82. The van der Waals surface area contributed by atoms with Crippen LogP contribution in [-0.2, 0) is 11.2 Å². The monoisotopic (exact) mass is 272 g/mol. The zero-order valence-corrected chi connectivity index (χ0v) is 11.4. The van der Waals surface area contributed by atoms with Gasteiger partial charge in [-0.25, -0.2) is 4.98 Å². The van der Waals surface area contributed by atoms with Crippen LogP contribution in [0.1, 0.15) is 5.56 Å². The number of aliphatic carboxylic acids is 1. The molecular weight excluding hydrogens is 256 g/mol. The molecule has 1 heterocycles. The number of hydrogen-bond donors (Lipinski definition) is 2. The second-order valence-electron chi connectivity index (χ2n) is 4.64. The molecule has 1 aromatic heterocycles. The van der Waals surface area contributed by atoms with E-state index in [4.69, 9.17) is 10.8 Å². The molecule has 0 aliphatic heterocycles. The summed E-state index contributed by atoms with van der Waals surface area (Å²) in [5, 5.41) is 8.84. The van der Waals surface area contributed by atoms with Crippen molar-refractivity contribution in [2.75, 3.05) is 24.7 Å². The number of nitrogen functional groups attached to an aromatic ring is 1. The van der Waals surface area contributed by atoms with Crippen LogP contribution < -0.4 is 10.6 Å². The molecule has 0 spiro atoms.